The molecule has 4 nitrogen and oxygen atoms in total. The molecule has 0 unspecified atom stereocenters. The summed E-state index contributed by atoms with van der Waals surface area (Å²) in [6.07, 6.45) is 5.54. The quantitative estimate of drug-likeness (QED) is 0.832. The SMILES string of the molecule is CC(C)C1CCC(O)(c2cnnn2C)CC1. The Morgan fingerprint density at radius 3 is 2.50 bits per heavy atom. The van der Waals surface area contributed by atoms with Crippen molar-refractivity contribution in [3.8, 4) is 0 Å². The Morgan fingerprint density at radius 2 is 2.06 bits per heavy atom. The number of rotatable bonds is 2. The van der Waals surface area contributed by atoms with Gasteiger partial charge in [-0.25, -0.2) is 4.68 Å². The Balaban J connectivity index is 2.10. The molecule has 1 aromatic rings. The standard InChI is InChI=1S/C12H21N3O/c1-9(2)10-4-6-12(16,7-5-10)11-8-13-14-15(11)3/h8-10,16H,4-7H2,1-3H3. The Labute approximate surface area is 96.7 Å². The Kier molecular flexibility index (Phi) is 3.02. The van der Waals surface area contributed by atoms with Gasteiger partial charge >= 0.3 is 0 Å². The van der Waals surface area contributed by atoms with Crippen LogP contribution in [-0.4, -0.2) is 20.1 Å². The third-order valence-corrected chi connectivity index (χ3v) is 3.99. The maximum absolute atomic E-state index is 10.6. The van der Waals surface area contributed by atoms with Crippen LogP contribution in [0.1, 0.15) is 45.2 Å². The minimum Gasteiger partial charge on any atom is -0.384 e. The van der Waals surface area contributed by atoms with Crippen LogP contribution in [0.3, 0.4) is 0 Å². The van der Waals surface area contributed by atoms with Gasteiger partial charge in [0.05, 0.1) is 11.9 Å². The van der Waals surface area contributed by atoms with Crippen LogP contribution in [0, 0.1) is 11.8 Å². The summed E-state index contributed by atoms with van der Waals surface area (Å²) in [5.74, 6) is 1.47. The molecule has 0 saturated heterocycles. The molecule has 0 aromatic carbocycles. The molecule has 0 spiro atoms. The molecule has 0 radical (unpaired) electrons. The van der Waals surface area contributed by atoms with Gasteiger partial charge in [-0.1, -0.05) is 19.1 Å². The topological polar surface area (TPSA) is 50.9 Å². The van der Waals surface area contributed by atoms with E-state index in [9.17, 15) is 5.11 Å². The van der Waals surface area contributed by atoms with Crippen molar-refractivity contribution in [2.24, 2.45) is 18.9 Å². The second-order valence-corrected chi connectivity index (χ2v) is 5.36. The number of hydrogen-bond acceptors (Lipinski definition) is 3. The van der Waals surface area contributed by atoms with Crippen LogP contribution in [0.4, 0.5) is 0 Å². The lowest BCUT2D eigenvalue weighted by Gasteiger charge is -2.37. The highest BCUT2D eigenvalue weighted by Crippen LogP contribution is 2.41. The molecule has 2 rings (SSSR count). The summed E-state index contributed by atoms with van der Waals surface area (Å²) in [5.41, 5.74) is 0.151. The first-order chi connectivity index (χ1) is 7.53. The fourth-order valence-corrected chi connectivity index (χ4v) is 2.75. The third kappa shape index (κ3) is 1.98. The number of nitrogens with zero attached hydrogens (tertiary/aromatic N) is 3. The van der Waals surface area contributed by atoms with Crippen LogP contribution in [0.25, 0.3) is 0 Å². The molecule has 1 aromatic heterocycles. The number of aromatic nitrogens is 3. The van der Waals surface area contributed by atoms with E-state index in [4.69, 9.17) is 0 Å². The van der Waals surface area contributed by atoms with Gasteiger partial charge in [0.2, 0.25) is 0 Å². The summed E-state index contributed by atoms with van der Waals surface area (Å²) in [5, 5.41) is 18.4. The Bertz CT molecular complexity index is 351. The highest BCUT2D eigenvalue weighted by atomic mass is 16.3. The molecule has 4 heteroatoms. The molecule has 0 atom stereocenters. The molecular formula is C12H21N3O. The molecule has 0 bridgehead atoms. The number of hydrogen-bond donors (Lipinski definition) is 1. The first-order valence-electron chi connectivity index (χ1n) is 6.10. The minimum absolute atomic E-state index is 0.705. The van der Waals surface area contributed by atoms with E-state index in [1.165, 1.54) is 0 Å². The molecule has 1 aliphatic rings. The van der Waals surface area contributed by atoms with Crippen molar-refractivity contribution in [2.75, 3.05) is 0 Å². The van der Waals surface area contributed by atoms with Crippen LogP contribution in [0.15, 0.2) is 6.20 Å². The molecule has 1 aliphatic carbocycles. The molecule has 16 heavy (non-hydrogen) atoms. The summed E-state index contributed by atoms with van der Waals surface area (Å²) in [6.45, 7) is 4.53. The summed E-state index contributed by atoms with van der Waals surface area (Å²) in [4.78, 5) is 0. The molecule has 1 saturated carbocycles. The van der Waals surface area contributed by atoms with Crippen LogP contribution in [-0.2, 0) is 12.6 Å². The van der Waals surface area contributed by atoms with Gasteiger partial charge in [-0.2, -0.15) is 0 Å². The largest absolute Gasteiger partial charge is 0.384 e. The van der Waals surface area contributed by atoms with Gasteiger partial charge < -0.3 is 5.11 Å². The fraction of sp³-hybridized carbons (Fsp3) is 0.833. The van der Waals surface area contributed by atoms with Crippen molar-refractivity contribution < 1.29 is 5.11 Å². The van der Waals surface area contributed by atoms with E-state index in [-0.39, 0.29) is 0 Å². The lowest BCUT2D eigenvalue weighted by Crippen LogP contribution is -2.34. The number of aryl methyl sites for hydroxylation is 1. The highest BCUT2D eigenvalue weighted by molar-refractivity contribution is 5.09. The molecule has 1 heterocycles. The van der Waals surface area contributed by atoms with E-state index in [0.717, 1.165) is 37.3 Å². The van der Waals surface area contributed by atoms with E-state index in [1.807, 2.05) is 7.05 Å². The van der Waals surface area contributed by atoms with E-state index in [0.29, 0.717) is 5.92 Å². The van der Waals surface area contributed by atoms with Crippen LogP contribution in [0.2, 0.25) is 0 Å². The normalized spacial score (nSPS) is 30.9. The summed E-state index contributed by atoms with van der Waals surface area (Å²) < 4.78 is 1.69. The van der Waals surface area contributed by atoms with Crippen LogP contribution in [0.5, 0.6) is 0 Å². The number of aliphatic hydroxyl groups is 1. The van der Waals surface area contributed by atoms with Crippen molar-refractivity contribution >= 4 is 0 Å². The molecule has 1 N–H and O–H groups in total. The first-order valence-corrected chi connectivity index (χ1v) is 6.10. The smallest absolute Gasteiger partial charge is 0.108 e. The zero-order valence-electron chi connectivity index (χ0n) is 10.3. The minimum atomic E-state index is -0.705. The molecule has 90 valence electrons. The monoisotopic (exact) mass is 223 g/mol. The zero-order valence-corrected chi connectivity index (χ0v) is 10.3. The van der Waals surface area contributed by atoms with Crippen molar-refractivity contribution in [2.45, 2.75) is 45.1 Å². The lowest BCUT2D eigenvalue weighted by molar-refractivity contribution is -0.0264. The second kappa shape index (κ2) is 4.17. The van der Waals surface area contributed by atoms with E-state index < -0.39 is 5.60 Å². The molecule has 1 fully saturated rings. The van der Waals surface area contributed by atoms with Gasteiger partial charge in [-0.05, 0) is 37.5 Å². The summed E-state index contributed by atoms with van der Waals surface area (Å²) in [7, 11) is 1.84. The van der Waals surface area contributed by atoms with E-state index in [2.05, 4.69) is 24.2 Å². The van der Waals surface area contributed by atoms with Crippen LogP contribution < -0.4 is 0 Å². The average molecular weight is 223 g/mol. The van der Waals surface area contributed by atoms with Gasteiger partial charge in [-0.15, -0.1) is 5.10 Å². The lowest BCUT2D eigenvalue weighted by atomic mass is 9.73. The van der Waals surface area contributed by atoms with Gasteiger partial charge in [0.25, 0.3) is 0 Å². The van der Waals surface area contributed by atoms with Crippen molar-refractivity contribution in [1.82, 2.24) is 15.0 Å². The average Bonchev–Trinajstić information content (AvgIpc) is 2.66. The molecule has 0 amide bonds. The van der Waals surface area contributed by atoms with Gasteiger partial charge in [0.1, 0.15) is 5.60 Å². The summed E-state index contributed by atoms with van der Waals surface area (Å²) >= 11 is 0. The van der Waals surface area contributed by atoms with Crippen molar-refractivity contribution in [1.29, 1.82) is 0 Å². The predicted molar refractivity (Wildman–Crippen MR) is 61.7 cm³/mol. The third-order valence-electron chi connectivity index (χ3n) is 3.99. The van der Waals surface area contributed by atoms with Crippen molar-refractivity contribution in [3.63, 3.8) is 0 Å². The van der Waals surface area contributed by atoms with Crippen molar-refractivity contribution in [3.05, 3.63) is 11.9 Å². The fourth-order valence-electron chi connectivity index (χ4n) is 2.75. The maximum Gasteiger partial charge on any atom is 0.108 e. The molecule has 0 aliphatic heterocycles. The van der Waals surface area contributed by atoms with Gasteiger partial charge in [0.15, 0.2) is 0 Å². The Morgan fingerprint density at radius 1 is 1.44 bits per heavy atom. The zero-order chi connectivity index (χ0) is 11.8. The highest BCUT2D eigenvalue weighted by Gasteiger charge is 2.37. The van der Waals surface area contributed by atoms with Crippen LogP contribution >= 0.6 is 0 Å². The van der Waals surface area contributed by atoms with E-state index in [1.54, 1.807) is 10.9 Å². The predicted octanol–water partition coefficient (Wildman–Crippen LogP) is 1.85. The maximum atomic E-state index is 10.6. The van der Waals surface area contributed by atoms with E-state index >= 15 is 0 Å². The molecular weight excluding hydrogens is 202 g/mol. The van der Waals surface area contributed by atoms with Gasteiger partial charge in [0, 0.05) is 7.05 Å². The first kappa shape index (κ1) is 11.6. The Hall–Kier alpha value is -0.900. The summed E-state index contributed by atoms with van der Waals surface area (Å²) in [6, 6.07) is 0. The van der Waals surface area contributed by atoms with Gasteiger partial charge in [-0.3, -0.25) is 0 Å². The second-order valence-electron chi connectivity index (χ2n) is 5.36.